The summed E-state index contributed by atoms with van der Waals surface area (Å²) in [5.74, 6) is 0. The third kappa shape index (κ3) is 4.26. The van der Waals surface area contributed by atoms with Gasteiger partial charge in [0.2, 0.25) is 0 Å². The molecule has 0 saturated carbocycles. The first-order valence-corrected chi connectivity index (χ1v) is 9.54. The molecule has 0 aromatic carbocycles. The molecule has 1 N–H and O–H groups in total. The summed E-state index contributed by atoms with van der Waals surface area (Å²) in [5.41, 5.74) is 0. The minimum absolute atomic E-state index is 0.186. The Morgan fingerprint density at radius 3 is 2.62 bits per heavy atom. The summed E-state index contributed by atoms with van der Waals surface area (Å²) in [6.07, 6.45) is 1.72. The van der Waals surface area contributed by atoms with Crippen LogP contribution in [0, 0.1) is 0 Å². The number of nitrogens with one attached hydrogen (secondary N) is 1. The molecule has 0 amide bonds. The summed E-state index contributed by atoms with van der Waals surface area (Å²) < 4.78 is 32.5. The first kappa shape index (κ1) is 16.9. The van der Waals surface area contributed by atoms with E-state index in [2.05, 4.69) is 19.2 Å². The fourth-order valence-electron chi connectivity index (χ4n) is 2.33. The molecular formula is C14H24N2O3S2. The standard InChI is InChI=1S/C14H24N2O3S2/c1-11(2)15-10-13-4-5-14(20-13)21(17,18)16-8-6-12(19-3)7-9-16/h4-5,11-12,15H,6-10H2,1-3H3. The number of ether oxygens (including phenoxy) is 1. The minimum Gasteiger partial charge on any atom is -0.381 e. The van der Waals surface area contributed by atoms with Crippen molar-refractivity contribution in [3.8, 4) is 0 Å². The summed E-state index contributed by atoms with van der Waals surface area (Å²) >= 11 is 1.36. The third-order valence-corrected chi connectivity index (χ3v) is 7.10. The fraction of sp³-hybridized carbons (Fsp3) is 0.714. The van der Waals surface area contributed by atoms with E-state index in [0.717, 1.165) is 17.7 Å². The van der Waals surface area contributed by atoms with Gasteiger partial charge < -0.3 is 10.1 Å². The van der Waals surface area contributed by atoms with E-state index in [1.54, 1.807) is 17.5 Å². The van der Waals surface area contributed by atoms with Gasteiger partial charge in [-0.05, 0) is 25.0 Å². The summed E-state index contributed by atoms with van der Waals surface area (Å²) in [6.45, 7) is 5.94. The summed E-state index contributed by atoms with van der Waals surface area (Å²) in [7, 11) is -1.66. The van der Waals surface area contributed by atoms with Crippen LogP contribution in [0.25, 0.3) is 0 Å². The van der Waals surface area contributed by atoms with Crippen LogP contribution < -0.4 is 5.32 Å². The highest BCUT2D eigenvalue weighted by atomic mass is 32.2. The Bertz CT molecular complexity index is 546. The van der Waals surface area contributed by atoms with Crippen molar-refractivity contribution in [3.63, 3.8) is 0 Å². The third-order valence-electron chi connectivity index (χ3n) is 3.65. The van der Waals surface area contributed by atoms with Crippen LogP contribution in [0.5, 0.6) is 0 Å². The van der Waals surface area contributed by atoms with Crippen LogP contribution in [0.15, 0.2) is 16.3 Å². The smallest absolute Gasteiger partial charge is 0.252 e. The van der Waals surface area contributed by atoms with Gasteiger partial charge in [0, 0.05) is 37.7 Å². The monoisotopic (exact) mass is 332 g/mol. The van der Waals surface area contributed by atoms with Crippen LogP contribution >= 0.6 is 11.3 Å². The van der Waals surface area contributed by atoms with Crippen LogP contribution in [0.3, 0.4) is 0 Å². The summed E-state index contributed by atoms with van der Waals surface area (Å²) in [5, 5.41) is 3.30. The number of rotatable bonds is 6. The summed E-state index contributed by atoms with van der Waals surface area (Å²) in [6, 6.07) is 4.01. The lowest BCUT2D eigenvalue weighted by atomic mass is 10.1. The molecule has 0 spiro atoms. The van der Waals surface area contributed by atoms with E-state index in [0.29, 0.717) is 29.9 Å². The van der Waals surface area contributed by atoms with Gasteiger partial charge in [0.25, 0.3) is 10.0 Å². The Balaban J connectivity index is 2.03. The molecular weight excluding hydrogens is 308 g/mol. The lowest BCUT2D eigenvalue weighted by Crippen LogP contribution is -2.40. The zero-order valence-electron chi connectivity index (χ0n) is 12.8. The zero-order chi connectivity index (χ0) is 15.5. The van der Waals surface area contributed by atoms with E-state index in [1.165, 1.54) is 11.3 Å². The second-order valence-electron chi connectivity index (χ2n) is 5.60. The molecule has 2 heterocycles. The van der Waals surface area contributed by atoms with Gasteiger partial charge in [-0.15, -0.1) is 11.3 Å². The number of hydrogen-bond acceptors (Lipinski definition) is 5. The predicted octanol–water partition coefficient (Wildman–Crippen LogP) is 2.05. The van der Waals surface area contributed by atoms with Crippen LogP contribution in [-0.2, 0) is 21.3 Å². The first-order valence-electron chi connectivity index (χ1n) is 7.28. The molecule has 2 rings (SSSR count). The van der Waals surface area contributed by atoms with Crippen LogP contribution in [-0.4, -0.2) is 45.1 Å². The maximum absolute atomic E-state index is 12.6. The Hall–Kier alpha value is -0.470. The van der Waals surface area contributed by atoms with E-state index in [9.17, 15) is 8.42 Å². The molecule has 0 radical (unpaired) electrons. The van der Waals surface area contributed by atoms with Gasteiger partial charge in [0.15, 0.2) is 0 Å². The number of nitrogens with zero attached hydrogens (tertiary/aromatic N) is 1. The number of sulfonamides is 1. The van der Waals surface area contributed by atoms with E-state index >= 15 is 0 Å². The Morgan fingerprint density at radius 1 is 1.38 bits per heavy atom. The van der Waals surface area contributed by atoms with E-state index in [4.69, 9.17) is 4.74 Å². The van der Waals surface area contributed by atoms with Crippen LogP contribution in [0.4, 0.5) is 0 Å². The average Bonchev–Trinajstić information content (AvgIpc) is 2.95. The first-order chi connectivity index (χ1) is 9.93. The fourth-order valence-corrected chi connectivity index (χ4v) is 5.26. The van der Waals surface area contributed by atoms with Crippen molar-refractivity contribution >= 4 is 21.4 Å². The SMILES string of the molecule is COC1CCN(S(=O)(=O)c2ccc(CNC(C)C)s2)CC1. The highest BCUT2D eigenvalue weighted by Gasteiger charge is 2.30. The van der Waals surface area contributed by atoms with Gasteiger partial charge in [0.1, 0.15) is 4.21 Å². The van der Waals surface area contributed by atoms with Crippen molar-refractivity contribution in [2.75, 3.05) is 20.2 Å². The van der Waals surface area contributed by atoms with Gasteiger partial charge in [-0.25, -0.2) is 8.42 Å². The van der Waals surface area contributed by atoms with Gasteiger partial charge in [0.05, 0.1) is 6.10 Å². The van der Waals surface area contributed by atoms with E-state index in [-0.39, 0.29) is 6.10 Å². The molecule has 1 aromatic heterocycles. The molecule has 5 nitrogen and oxygen atoms in total. The topological polar surface area (TPSA) is 58.6 Å². The lowest BCUT2D eigenvalue weighted by Gasteiger charge is -2.29. The Morgan fingerprint density at radius 2 is 2.05 bits per heavy atom. The molecule has 0 atom stereocenters. The maximum Gasteiger partial charge on any atom is 0.252 e. The van der Waals surface area contributed by atoms with Crippen LogP contribution in [0.2, 0.25) is 0 Å². The summed E-state index contributed by atoms with van der Waals surface area (Å²) in [4.78, 5) is 1.05. The molecule has 21 heavy (non-hydrogen) atoms. The highest BCUT2D eigenvalue weighted by molar-refractivity contribution is 7.91. The molecule has 120 valence electrons. The zero-order valence-corrected chi connectivity index (χ0v) is 14.5. The van der Waals surface area contributed by atoms with Crippen molar-refractivity contribution in [2.24, 2.45) is 0 Å². The molecule has 1 saturated heterocycles. The normalized spacial score (nSPS) is 18.5. The molecule has 1 aliphatic heterocycles. The second kappa shape index (κ2) is 7.19. The number of thiophene rings is 1. The predicted molar refractivity (Wildman–Crippen MR) is 85.1 cm³/mol. The van der Waals surface area contributed by atoms with Crippen molar-refractivity contribution in [3.05, 3.63) is 17.0 Å². The molecule has 0 aliphatic carbocycles. The van der Waals surface area contributed by atoms with Gasteiger partial charge >= 0.3 is 0 Å². The maximum atomic E-state index is 12.6. The van der Waals surface area contributed by atoms with Gasteiger partial charge in [-0.1, -0.05) is 13.8 Å². The molecule has 0 unspecified atom stereocenters. The molecule has 1 fully saturated rings. The highest BCUT2D eigenvalue weighted by Crippen LogP contribution is 2.27. The minimum atomic E-state index is -3.34. The van der Waals surface area contributed by atoms with E-state index in [1.807, 2.05) is 6.07 Å². The van der Waals surface area contributed by atoms with E-state index < -0.39 is 10.0 Å². The van der Waals surface area contributed by atoms with Gasteiger partial charge in [-0.3, -0.25) is 0 Å². The molecule has 1 aliphatic rings. The van der Waals surface area contributed by atoms with Crippen molar-refractivity contribution in [2.45, 2.75) is 49.6 Å². The van der Waals surface area contributed by atoms with Gasteiger partial charge in [-0.2, -0.15) is 4.31 Å². The Kier molecular flexibility index (Phi) is 5.79. The second-order valence-corrected chi connectivity index (χ2v) is 8.93. The van der Waals surface area contributed by atoms with Crippen molar-refractivity contribution in [1.82, 2.24) is 9.62 Å². The Labute approximate surface area is 131 Å². The molecule has 0 bridgehead atoms. The lowest BCUT2D eigenvalue weighted by molar-refractivity contribution is 0.0605. The number of hydrogen-bond donors (Lipinski definition) is 1. The number of methoxy groups -OCH3 is 1. The molecule has 7 heteroatoms. The average molecular weight is 332 g/mol. The largest absolute Gasteiger partial charge is 0.381 e. The quantitative estimate of drug-likeness (QED) is 0.866. The van der Waals surface area contributed by atoms with Crippen molar-refractivity contribution in [1.29, 1.82) is 0 Å². The molecule has 1 aromatic rings. The van der Waals surface area contributed by atoms with Crippen LogP contribution in [0.1, 0.15) is 31.6 Å². The van der Waals surface area contributed by atoms with Crippen molar-refractivity contribution < 1.29 is 13.2 Å². The number of piperidine rings is 1.